The Hall–Kier alpha value is -0.820. The Labute approximate surface area is 152 Å². The van der Waals surface area contributed by atoms with Gasteiger partial charge in [0.15, 0.2) is 0 Å². The summed E-state index contributed by atoms with van der Waals surface area (Å²) in [4.78, 5) is 12.2. The number of benzene rings is 1. The van der Waals surface area contributed by atoms with Crippen molar-refractivity contribution >= 4 is 39.1 Å². The van der Waals surface area contributed by atoms with E-state index in [-0.39, 0.29) is 30.2 Å². The third kappa shape index (κ3) is 4.23. The fourth-order valence-corrected chi connectivity index (χ4v) is 5.26. The summed E-state index contributed by atoms with van der Waals surface area (Å²) in [7, 11) is -3.58. The number of piperidine rings is 1. The maximum Gasteiger partial charge on any atom is 0.224 e. The minimum absolute atomic E-state index is 0.0341. The fraction of sp³-hybridized carbons (Fsp3) is 0.562. The Kier molecular flexibility index (Phi) is 5.39. The SMILES string of the molecule is O=C(NC1CC1)C1CCCN(S(=O)(=O)Cc2c(Cl)cccc2Cl)C1. The Morgan fingerprint density at radius 3 is 2.50 bits per heavy atom. The quantitative estimate of drug-likeness (QED) is 0.840. The van der Waals surface area contributed by atoms with E-state index in [2.05, 4.69) is 5.32 Å². The highest BCUT2D eigenvalue weighted by Gasteiger charge is 2.34. The molecule has 0 radical (unpaired) electrons. The predicted molar refractivity (Wildman–Crippen MR) is 94.5 cm³/mol. The zero-order valence-electron chi connectivity index (χ0n) is 13.2. The summed E-state index contributed by atoms with van der Waals surface area (Å²) in [6.07, 6.45) is 3.44. The van der Waals surface area contributed by atoms with E-state index in [1.807, 2.05) is 0 Å². The summed E-state index contributed by atoms with van der Waals surface area (Å²) in [5.74, 6) is -0.563. The normalized spacial score (nSPS) is 22.3. The van der Waals surface area contributed by atoms with Gasteiger partial charge in [-0.15, -0.1) is 0 Å². The third-order valence-electron chi connectivity index (χ3n) is 4.46. The van der Waals surface area contributed by atoms with Crippen LogP contribution in [0.2, 0.25) is 10.0 Å². The van der Waals surface area contributed by atoms with Crippen LogP contribution in [0, 0.1) is 5.92 Å². The summed E-state index contributed by atoms with van der Waals surface area (Å²) in [6.45, 7) is 0.653. The summed E-state index contributed by atoms with van der Waals surface area (Å²) in [6, 6.07) is 5.21. The molecule has 3 rings (SSSR count). The highest BCUT2D eigenvalue weighted by molar-refractivity contribution is 7.88. The minimum Gasteiger partial charge on any atom is -0.353 e. The van der Waals surface area contributed by atoms with Crippen molar-refractivity contribution in [3.63, 3.8) is 0 Å². The van der Waals surface area contributed by atoms with Crippen LogP contribution in [0.15, 0.2) is 18.2 Å². The molecule has 1 saturated heterocycles. The molecule has 0 spiro atoms. The molecule has 0 bridgehead atoms. The van der Waals surface area contributed by atoms with Crippen LogP contribution < -0.4 is 5.32 Å². The van der Waals surface area contributed by atoms with E-state index in [4.69, 9.17) is 23.2 Å². The molecule has 5 nitrogen and oxygen atoms in total. The first kappa shape index (κ1) is 18.0. The first-order chi connectivity index (χ1) is 11.4. The van der Waals surface area contributed by atoms with Crippen molar-refractivity contribution in [1.82, 2.24) is 9.62 Å². The number of hydrogen-bond acceptors (Lipinski definition) is 3. The van der Waals surface area contributed by atoms with E-state index in [9.17, 15) is 13.2 Å². The fourth-order valence-electron chi connectivity index (χ4n) is 2.90. The highest BCUT2D eigenvalue weighted by Crippen LogP contribution is 2.29. The maximum atomic E-state index is 12.7. The Bertz CT molecular complexity index is 715. The number of halogens is 2. The Morgan fingerprint density at radius 1 is 1.21 bits per heavy atom. The van der Waals surface area contributed by atoms with Crippen LogP contribution in [-0.4, -0.2) is 37.8 Å². The second kappa shape index (κ2) is 7.20. The van der Waals surface area contributed by atoms with Crippen molar-refractivity contribution in [2.75, 3.05) is 13.1 Å². The van der Waals surface area contributed by atoms with Crippen LogP contribution in [0.3, 0.4) is 0 Å². The Morgan fingerprint density at radius 2 is 1.88 bits per heavy atom. The summed E-state index contributed by atoms with van der Waals surface area (Å²) >= 11 is 12.2. The largest absolute Gasteiger partial charge is 0.353 e. The average Bonchev–Trinajstić information content (AvgIpc) is 3.35. The molecule has 1 aliphatic heterocycles. The molecule has 1 unspecified atom stereocenters. The smallest absolute Gasteiger partial charge is 0.224 e. The molecule has 24 heavy (non-hydrogen) atoms. The lowest BCUT2D eigenvalue weighted by Gasteiger charge is -2.31. The van der Waals surface area contributed by atoms with Crippen molar-refractivity contribution in [3.05, 3.63) is 33.8 Å². The van der Waals surface area contributed by atoms with Gasteiger partial charge in [0, 0.05) is 34.7 Å². The average molecular weight is 391 g/mol. The molecule has 1 N–H and O–H groups in total. The van der Waals surface area contributed by atoms with Gasteiger partial charge in [-0.3, -0.25) is 4.79 Å². The summed E-state index contributed by atoms with van der Waals surface area (Å²) < 4.78 is 26.9. The minimum atomic E-state index is -3.58. The molecule has 1 aromatic carbocycles. The van der Waals surface area contributed by atoms with Gasteiger partial charge in [-0.1, -0.05) is 29.3 Å². The molecule has 1 atom stereocenters. The van der Waals surface area contributed by atoms with Gasteiger partial charge in [0.1, 0.15) is 0 Å². The molecule has 2 fully saturated rings. The second-order valence-corrected chi connectivity index (χ2v) is 9.22. The van der Waals surface area contributed by atoms with Crippen LogP contribution in [0.5, 0.6) is 0 Å². The molecule has 2 aliphatic rings. The van der Waals surface area contributed by atoms with Gasteiger partial charge in [-0.25, -0.2) is 12.7 Å². The van der Waals surface area contributed by atoms with Crippen LogP contribution >= 0.6 is 23.2 Å². The van der Waals surface area contributed by atoms with E-state index in [1.54, 1.807) is 18.2 Å². The van der Waals surface area contributed by atoms with Crippen LogP contribution in [0.25, 0.3) is 0 Å². The molecule has 8 heteroatoms. The highest BCUT2D eigenvalue weighted by atomic mass is 35.5. The van der Waals surface area contributed by atoms with Crippen LogP contribution in [0.1, 0.15) is 31.2 Å². The van der Waals surface area contributed by atoms with Gasteiger partial charge < -0.3 is 5.32 Å². The molecule has 1 amide bonds. The van der Waals surface area contributed by atoms with Gasteiger partial charge in [-0.2, -0.15) is 0 Å². The number of carbonyl (C=O) groups excluding carboxylic acids is 1. The molecule has 1 heterocycles. The predicted octanol–water partition coefficient (Wildman–Crippen LogP) is 2.81. The number of amides is 1. The first-order valence-corrected chi connectivity index (χ1v) is 10.4. The molecule has 0 aromatic heterocycles. The number of carbonyl (C=O) groups is 1. The summed E-state index contributed by atoms with van der Waals surface area (Å²) in [5.41, 5.74) is 0.408. The molecular formula is C16H20Cl2N2O3S. The molecule has 1 aromatic rings. The maximum absolute atomic E-state index is 12.7. The third-order valence-corrected chi connectivity index (χ3v) is 6.94. The monoisotopic (exact) mass is 390 g/mol. The van der Waals surface area contributed by atoms with E-state index in [1.165, 1.54) is 4.31 Å². The molecule has 132 valence electrons. The molecule has 1 saturated carbocycles. The second-order valence-electron chi connectivity index (χ2n) is 6.44. The van der Waals surface area contributed by atoms with Crippen molar-refractivity contribution in [3.8, 4) is 0 Å². The number of sulfonamides is 1. The molecular weight excluding hydrogens is 371 g/mol. The van der Waals surface area contributed by atoms with Gasteiger partial charge in [0.25, 0.3) is 0 Å². The van der Waals surface area contributed by atoms with Crippen molar-refractivity contribution in [2.24, 2.45) is 5.92 Å². The number of nitrogens with zero attached hydrogens (tertiary/aromatic N) is 1. The summed E-state index contributed by atoms with van der Waals surface area (Å²) in [5, 5.41) is 3.64. The molecule has 1 aliphatic carbocycles. The van der Waals surface area contributed by atoms with Crippen molar-refractivity contribution in [2.45, 2.75) is 37.5 Å². The van der Waals surface area contributed by atoms with E-state index < -0.39 is 10.0 Å². The van der Waals surface area contributed by atoms with Gasteiger partial charge >= 0.3 is 0 Å². The first-order valence-electron chi connectivity index (χ1n) is 8.08. The van der Waals surface area contributed by atoms with Gasteiger partial charge in [-0.05, 0) is 37.8 Å². The van der Waals surface area contributed by atoms with E-state index in [0.717, 1.165) is 19.3 Å². The topological polar surface area (TPSA) is 66.5 Å². The van der Waals surface area contributed by atoms with Gasteiger partial charge in [0.05, 0.1) is 11.7 Å². The number of nitrogens with one attached hydrogen (secondary N) is 1. The zero-order valence-corrected chi connectivity index (χ0v) is 15.5. The van der Waals surface area contributed by atoms with Gasteiger partial charge in [0.2, 0.25) is 15.9 Å². The standard InChI is InChI=1S/C16H20Cl2N2O3S/c17-14-4-1-5-15(18)13(14)10-24(22,23)20-8-2-3-11(9-20)16(21)19-12-6-7-12/h1,4-5,11-12H,2-3,6-10H2,(H,19,21). The lowest BCUT2D eigenvalue weighted by Crippen LogP contribution is -2.46. The zero-order chi connectivity index (χ0) is 17.3. The number of hydrogen-bond donors (Lipinski definition) is 1. The van der Waals surface area contributed by atoms with Crippen LogP contribution in [0.4, 0.5) is 0 Å². The Balaban J connectivity index is 1.70. The van der Waals surface area contributed by atoms with Crippen molar-refractivity contribution < 1.29 is 13.2 Å². The number of rotatable bonds is 5. The lowest BCUT2D eigenvalue weighted by molar-refractivity contribution is -0.126. The van der Waals surface area contributed by atoms with E-state index in [0.29, 0.717) is 28.6 Å². The lowest BCUT2D eigenvalue weighted by atomic mass is 9.99. The van der Waals surface area contributed by atoms with Crippen molar-refractivity contribution in [1.29, 1.82) is 0 Å². The van der Waals surface area contributed by atoms with Crippen LogP contribution in [-0.2, 0) is 20.6 Å². The van der Waals surface area contributed by atoms with E-state index >= 15 is 0 Å².